The number of ether oxygens (including phenoxy) is 1. The van der Waals surface area contributed by atoms with Crippen molar-refractivity contribution in [3.05, 3.63) is 46.7 Å². The maximum absolute atomic E-state index is 5.69. The third-order valence-corrected chi connectivity index (χ3v) is 7.03. The molecule has 0 amide bonds. The van der Waals surface area contributed by atoms with Gasteiger partial charge in [-0.2, -0.15) is 0 Å². The van der Waals surface area contributed by atoms with E-state index in [2.05, 4.69) is 30.4 Å². The van der Waals surface area contributed by atoms with E-state index in [4.69, 9.17) is 9.73 Å². The quantitative estimate of drug-likeness (QED) is 0.721. The van der Waals surface area contributed by atoms with E-state index in [-0.39, 0.29) is 5.54 Å². The van der Waals surface area contributed by atoms with Crippen LogP contribution in [0.4, 0.5) is 0 Å². The Balaban J connectivity index is 1.61. The summed E-state index contributed by atoms with van der Waals surface area (Å²) in [5.41, 5.74) is 1.32. The van der Waals surface area contributed by atoms with E-state index in [0.717, 1.165) is 29.4 Å². The Kier molecular flexibility index (Phi) is 2.28. The second-order valence-corrected chi connectivity index (χ2v) is 8.17. The molecule has 0 aromatic heterocycles. The summed E-state index contributed by atoms with van der Waals surface area (Å²) < 4.78 is 5.69. The number of fused-ring (bicyclic) bond motifs is 3. The van der Waals surface area contributed by atoms with Gasteiger partial charge in [-0.3, -0.25) is 4.99 Å². The van der Waals surface area contributed by atoms with E-state index in [1.807, 2.05) is 6.08 Å². The molecule has 2 nitrogen and oxygen atoms in total. The van der Waals surface area contributed by atoms with Gasteiger partial charge < -0.3 is 4.74 Å². The van der Waals surface area contributed by atoms with Crippen LogP contribution in [0, 0.1) is 23.7 Å². The molecule has 4 aliphatic carbocycles. The predicted octanol–water partition coefficient (Wildman–Crippen LogP) is 3.21. The molecule has 6 aliphatic rings. The van der Waals surface area contributed by atoms with Crippen LogP contribution < -0.4 is 15.3 Å². The molecule has 1 spiro atoms. The normalized spacial score (nSPS) is 41.0. The average Bonchev–Trinajstić information content (AvgIpc) is 2.59. The van der Waals surface area contributed by atoms with Crippen molar-refractivity contribution < 1.29 is 4.74 Å². The van der Waals surface area contributed by atoms with Crippen molar-refractivity contribution in [3.63, 3.8) is 0 Å². The third kappa shape index (κ3) is 1.57. The highest BCUT2D eigenvalue weighted by atomic mass is 16.5. The maximum atomic E-state index is 5.69. The first-order valence-corrected chi connectivity index (χ1v) is 9.07. The van der Waals surface area contributed by atoms with E-state index < -0.39 is 0 Å². The zero-order chi connectivity index (χ0) is 15.0. The summed E-state index contributed by atoms with van der Waals surface area (Å²) >= 11 is 0. The molecule has 0 atom stereocenters. The fraction of sp³-hybridized carbons (Fsp3) is 0.476. The SMILES string of the molecule is C1=COc2ccc3c(c2=C1)=NC1(C=C3)C2CC3CC(C2)CC1C3. The highest BCUT2D eigenvalue weighted by Gasteiger charge is 2.56. The van der Waals surface area contributed by atoms with Gasteiger partial charge in [-0.1, -0.05) is 12.2 Å². The largest absolute Gasteiger partial charge is 0.464 e. The molecule has 1 aromatic carbocycles. The summed E-state index contributed by atoms with van der Waals surface area (Å²) in [4.78, 5) is 5.46. The predicted molar refractivity (Wildman–Crippen MR) is 90.3 cm³/mol. The van der Waals surface area contributed by atoms with Crippen molar-refractivity contribution in [2.45, 2.75) is 37.6 Å². The molecule has 0 saturated heterocycles. The van der Waals surface area contributed by atoms with Crippen LogP contribution >= 0.6 is 0 Å². The maximum Gasteiger partial charge on any atom is 0.135 e. The summed E-state index contributed by atoms with van der Waals surface area (Å²) in [7, 11) is 0. The molecule has 7 rings (SSSR count). The average molecular weight is 303 g/mol. The molecule has 1 aromatic rings. The monoisotopic (exact) mass is 303 g/mol. The van der Waals surface area contributed by atoms with Gasteiger partial charge in [0, 0.05) is 10.8 Å². The fourth-order valence-electron chi connectivity index (χ4n) is 6.23. The Morgan fingerprint density at radius 1 is 1.00 bits per heavy atom. The van der Waals surface area contributed by atoms with Crippen molar-refractivity contribution >= 4 is 12.2 Å². The number of nitrogens with zero attached hydrogens (tertiary/aromatic N) is 1. The molecule has 0 N–H and O–H groups in total. The van der Waals surface area contributed by atoms with E-state index in [0.29, 0.717) is 0 Å². The molecular weight excluding hydrogens is 282 g/mol. The van der Waals surface area contributed by atoms with Crippen molar-refractivity contribution in [3.8, 4) is 5.75 Å². The number of hydrogen-bond acceptors (Lipinski definition) is 2. The molecular formula is C21H21NO. The lowest BCUT2D eigenvalue weighted by atomic mass is 9.48. The molecule has 2 aliphatic heterocycles. The first kappa shape index (κ1) is 12.6. The van der Waals surface area contributed by atoms with Crippen molar-refractivity contribution in [2.24, 2.45) is 28.7 Å². The van der Waals surface area contributed by atoms with Gasteiger partial charge in [0.05, 0.1) is 17.2 Å². The lowest BCUT2D eigenvalue weighted by Gasteiger charge is -2.59. The Morgan fingerprint density at radius 3 is 2.57 bits per heavy atom. The summed E-state index contributed by atoms with van der Waals surface area (Å²) in [6, 6.07) is 4.23. The fourth-order valence-corrected chi connectivity index (χ4v) is 6.23. The molecule has 116 valence electrons. The van der Waals surface area contributed by atoms with Gasteiger partial charge in [-0.05, 0) is 80.1 Å². The summed E-state index contributed by atoms with van der Waals surface area (Å²) in [6.07, 6.45) is 17.8. The minimum Gasteiger partial charge on any atom is -0.464 e. The second-order valence-electron chi connectivity index (χ2n) is 8.17. The summed E-state index contributed by atoms with van der Waals surface area (Å²) in [6.45, 7) is 0. The van der Waals surface area contributed by atoms with Crippen LogP contribution in [0.2, 0.25) is 0 Å². The zero-order valence-electron chi connectivity index (χ0n) is 13.2. The van der Waals surface area contributed by atoms with Crippen LogP contribution in [0.5, 0.6) is 5.75 Å². The smallest absolute Gasteiger partial charge is 0.135 e. The van der Waals surface area contributed by atoms with Crippen molar-refractivity contribution in [2.75, 3.05) is 0 Å². The standard InChI is InChI=1S/C21H21NO/c1-2-18-19(23-7-1)4-3-15-5-6-21(22-20(15)18)16-9-13-8-14(11-16)12-17(21)10-13/h1-7,13-14,16-17H,8-12H2. The highest BCUT2D eigenvalue weighted by molar-refractivity contribution is 5.58. The van der Waals surface area contributed by atoms with Crippen LogP contribution in [-0.4, -0.2) is 5.54 Å². The highest BCUT2D eigenvalue weighted by Crippen LogP contribution is 2.60. The Bertz CT molecular complexity index is 848. The molecule has 4 saturated carbocycles. The molecule has 2 heterocycles. The summed E-state index contributed by atoms with van der Waals surface area (Å²) in [5, 5.41) is 2.34. The van der Waals surface area contributed by atoms with E-state index in [1.165, 1.54) is 48.2 Å². The Morgan fingerprint density at radius 2 is 1.78 bits per heavy atom. The first-order chi connectivity index (χ1) is 11.3. The van der Waals surface area contributed by atoms with Crippen LogP contribution in [-0.2, 0) is 0 Å². The topological polar surface area (TPSA) is 21.6 Å². The lowest BCUT2D eigenvalue weighted by molar-refractivity contribution is -0.0335. The zero-order valence-corrected chi connectivity index (χ0v) is 13.2. The minimum atomic E-state index is 0.0740. The van der Waals surface area contributed by atoms with Crippen LogP contribution in [0.3, 0.4) is 0 Å². The lowest BCUT2D eigenvalue weighted by Crippen LogP contribution is -2.57. The van der Waals surface area contributed by atoms with Gasteiger partial charge in [0.1, 0.15) is 5.75 Å². The molecule has 0 radical (unpaired) electrons. The van der Waals surface area contributed by atoms with Crippen molar-refractivity contribution in [1.82, 2.24) is 0 Å². The number of hydrogen-bond donors (Lipinski definition) is 0. The van der Waals surface area contributed by atoms with Gasteiger partial charge in [0.25, 0.3) is 0 Å². The summed E-state index contributed by atoms with van der Waals surface area (Å²) in [5.74, 6) is 4.44. The second kappa shape index (κ2) is 4.17. The third-order valence-electron chi connectivity index (χ3n) is 7.03. The molecule has 23 heavy (non-hydrogen) atoms. The van der Waals surface area contributed by atoms with Crippen molar-refractivity contribution in [1.29, 1.82) is 0 Å². The Hall–Kier alpha value is -1.83. The van der Waals surface area contributed by atoms with Gasteiger partial charge >= 0.3 is 0 Å². The minimum absolute atomic E-state index is 0.0740. The molecule has 2 heteroatoms. The van der Waals surface area contributed by atoms with E-state index >= 15 is 0 Å². The van der Waals surface area contributed by atoms with Gasteiger partial charge in [0.15, 0.2) is 0 Å². The van der Waals surface area contributed by atoms with E-state index in [1.54, 1.807) is 6.26 Å². The number of benzene rings is 1. The Labute approximate surface area is 136 Å². The van der Waals surface area contributed by atoms with Crippen LogP contribution in [0.25, 0.3) is 12.2 Å². The van der Waals surface area contributed by atoms with Crippen LogP contribution in [0.1, 0.15) is 37.7 Å². The van der Waals surface area contributed by atoms with Gasteiger partial charge in [-0.15, -0.1) is 0 Å². The molecule has 4 fully saturated rings. The van der Waals surface area contributed by atoms with Gasteiger partial charge in [0.2, 0.25) is 0 Å². The van der Waals surface area contributed by atoms with E-state index in [9.17, 15) is 0 Å². The number of rotatable bonds is 0. The van der Waals surface area contributed by atoms with Gasteiger partial charge in [-0.25, -0.2) is 0 Å². The van der Waals surface area contributed by atoms with Crippen LogP contribution in [0.15, 0.2) is 35.5 Å². The molecule has 0 unspecified atom stereocenters. The first-order valence-electron chi connectivity index (χ1n) is 9.07. The number of allylic oxidation sites excluding steroid dienone is 1. The molecule has 4 bridgehead atoms.